The molecule has 2 unspecified atom stereocenters. The van der Waals surface area contributed by atoms with Crippen molar-refractivity contribution >= 4 is 10.8 Å². The zero-order valence-electron chi connectivity index (χ0n) is 7.86. The molecule has 13 heavy (non-hydrogen) atoms. The normalized spacial score (nSPS) is 23.4. The van der Waals surface area contributed by atoms with Crippen LogP contribution in [-0.2, 0) is 15.5 Å². The molecule has 0 aromatic carbocycles. The van der Waals surface area contributed by atoms with Crippen LogP contribution in [0.25, 0.3) is 0 Å². The van der Waals surface area contributed by atoms with Gasteiger partial charge in [0, 0.05) is 40.9 Å². The van der Waals surface area contributed by atoms with Crippen LogP contribution in [0.1, 0.15) is 26.2 Å². The predicted octanol–water partition coefficient (Wildman–Crippen LogP) is 1.22. The molecule has 2 atom stereocenters. The first-order chi connectivity index (χ1) is 6.25. The fraction of sp³-hybridized carbons (Fsp3) is 0.889. The molecule has 0 amide bonds. The third-order valence-corrected chi connectivity index (χ3v) is 4.36. The molecule has 0 N–H and O–H groups in total. The fourth-order valence-corrected chi connectivity index (χ4v) is 3.00. The van der Waals surface area contributed by atoms with Gasteiger partial charge in [-0.3, -0.25) is 4.21 Å². The first kappa shape index (κ1) is 10.7. The van der Waals surface area contributed by atoms with Gasteiger partial charge in [0.25, 0.3) is 0 Å². The first-order valence-corrected chi connectivity index (χ1v) is 5.87. The van der Waals surface area contributed by atoms with Gasteiger partial charge in [0.2, 0.25) is 0 Å². The molecule has 0 aromatic heterocycles. The van der Waals surface area contributed by atoms with Crippen molar-refractivity contribution in [3.63, 3.8) is 0 Å². The molecule has 1 rings (SSSR count). The van der Waals surface area contributed by atoms with Gasteiger partial charge < -0.3 is 4.74 Å². The summed E-state index contributed by atoms with van der Waals surface area (Å²) >= 11 is 0. The standard InChI is InChI=1S/C9H15NO2S/c1-8(2-5-10)13(11)9-3-6-12-7-4-9/h8-9H,2-4,6-7H2,1H3. The van der Waals surface area contributed by atoms with Crippen molar-refractivity contribution in [3.8, 4) is 6.07 Å². The number of hydrogen-bond acceptors (Lipinski definition) is 3. The summed E-state index contributed by atoms with van der Waals surface area (Å²) in [5.74, 6) is 0. The van der Waals surface area contributed by atoms with E-state index in [0.29, 0.717) is 6.42 Å². The van der Waals surface area contributed by atoms with E-state index >= 15 is 0 Å². The van der Waals surface area contributed by atoms with Crippen LogP contribution in [0.15, 0.2) is 0 Å². The molecule has 1 fully saturated rings. The highest BCUT2D eigenvalue weighted by Crippen LogP contribution is 2.17. The molecule has 0 saturated carbocycles. The van der Waals surface area contributed by atoms with E-state index in [1.54, 1.807) is 0 Å². The summed E-state index contributed by atoms with van der Waals surface area (Å²) in [6.45, 7) is 3.32. The Hall–Kier alpha value is -0.400. The smallest absolute Gasteiger partial charge is 0.0634 e. The van der Waals surface area contributed by atoms with Gasteiger partial charge in [-0.15, -0.1) is 0 Å². The molecule has 4 heteroatoms. The lowest BCUT2D eigenvalue weighted by molar-refractivity contribution is 0.0991. The zero-order valence-corrected chi connectivity index (χ0v) is 8.68. The van der Waals surface area contributed by atoms with Gasteiger partial charge in [-0.05, 0) is 19.8 Å². The maximum atomic E-state index is 11.8. The molecule has 74 valence electrons. The summed E-state index contributed by atoms with van der Waals surface area (Å²) < 4.78 is 17.0. The maximum Gasteiger partial charge on any atom is 0.0634 e. The Bertz CT molecular complexity index is 218. The van der Waals surface area contributed by atoms with Crippen LogP contribution in [0.4, 0.5) is 0 Å². The van der Waals surface area contributed by atoms with Crippen LogP contribution in [0.2, 0.25) is 0 Å². The van der Waals surface area contributed by atoms with Crippen molar-refractivity contribution in [2.24, 2.45) is 0 Å². The van der Waals surface area contributed by atoms with Crippen molar-refractivity contribution in [3.05, 3.63) is 0 Å². The van der Waals surface area contributed by atoms with Gasteiger partial charge in [-0.1, -0.05) is 0 Å². The number of nitrogens with zero attached hydrogens (tertiary/aromatic N) is 1. The van der Waals surface area contributed by atoms with Crippen LogP contribution in [0.5, 0.6) is 0 Å². The van der Waals surface area contributed by atoms with Gasteiger partial charge >= 0.3 is 0 Å². The van der Waals surface area contributed by atoms with E-state index in [4.69, 9.17) is 10.00 Å². The average Bonchev–Trinajstić information content (AvgIpc) is 2.18. The minimum absolute atomic E-state index is 0.00750. The summed E-state index contributed by atoms with van der Waals surface area (Å²) in [6, 6.07) is 2.06. The summed E-state index contributed by atoms with van der Waals surface area (Å²) in [4.78, 5) is 0. The number of nitriles is 1. The van der Waals surface area contributed by atoms with E-state index in [1.165, 1.54) is 0 Å². The minimum Gasteiger partial charge on any atom is -0.381 e. The molecule has 0 spiro atoms. The Kier molecular flexibility index (Phi) is 4.40. The molecular weight excluding hydrogens is 186 g/mol. The third kappa shape index (κ3) is 3.09. The quantitative estimate of drug-likeness (QED) is 0.689. The monoisotopic (exact) mass is 201 g/mol. The van der Waals surface area contributed by atoms with Gasteiger partial charge in [0.1, 0.15) is 0 Å². The Balaban J connectivity index is 2.41. The molecule has 1 aliphatic rings. The number of hydrogen-bond donors (Lipinski definition) is 0. The molecular formula is C9H15NO2S. The van der Waals surface area contributed by atoms with E-state index in [2.05, 4.69) is 6.07 Å². The highest BCUT2D eigenvalue weighted by molar-refractivity contribution is 7.86. The number of rotatable bonds is 3. The van der Waals surface area contributed by atoms with Crippen LogP contribution >= 0.6 is 0 Å². The second-order valence-electron chi connectivity index (χ2n) is 3.31. The molecule has 0 aliphatic carbocycles. The van der Waals surface area contributed by atoms with Crippen molar-refractivity contribution in [1.29, 1.82) is 5.26 Å². The van der Waals surface area contributed by atoms with Crippen LogP contribution in [0, 0.1) is 11.3 Å². The van der Waals surface area contributed by atoms with E-state index in [1.807, 2.05) is 6.92 Å². The largest absolute Gasteiger partial charge is 0.381 e. The third-order valence-electron chi connectivity index (χ3n) is 2.27. The Labute approximate surface area is 81.5 Å². The highest BCUT2D eigenvalue weighted by Gasteiger charge is 2.23. The maximum absolute atomic E-state index is 11.8. The van der Waals surface area contributed by atoms with Crippen LogP contribution in [0.3, 0.4) is 0 Å². The molecule has 0 bridgehead atoms. The highest BCUT2D eigenvalue weighted by atomic mass is 32.2. The lowest BCUT2D eigenvalue weighted by Gasteiger charge is -2.23. The Morgan fingerprint density at radius 3 is 2.77 bits per heavy atom. The Morgan fingerprint density at radius 2 is 2.23 bits per heavy atom. The molecule has 1 saturated heterocycles. The average molecular weight is 201 g/mol. The summed E-state index contributed by atoms with van der Waals surface area (Å²) in [7, 11) is -0.854. The van der Waals surface area contributed by atoms with Gasteiger partial charge in [-0.2, -0.15) is 5.26 Å². The molecule has 0 aromatic rings. The zero-order chi connectivity index (χ0) is 9.68. The van der Waals surface area contributed by atoms with Crippen molar-refractivity contribution in [2.45, 2.75) is 36.7 Å². The van der Waals surface area contributed by atoms with Crippen molar-refractivity contribution in [2.75, 3.05) is 13.2 Å². The fourth-order valence-electron chi connectivity index (χ4n) is 1.45. The molecule has 1 heterocycles. The van der Waals surface area contributed by atoms with Gasteiger partial charge in [0.15, 0.2) is 0 Å². The minimum atomic E-state index is -0.854. The summed E-state index contributed by atoms with van der Waals surface area (Å²) in [5.41, 5.74) is 0. The van der Waals surface area contributed by atoms with Crippen molar-refractivity contribution in [1.82, 2.24) is 0 Å². The van der Waals surface area contributed by atoms with Gasteiger partial charge in [0.05, 0.1) is 6.07 Å². The topological polar surface area (TPSA) is 50.1 Å². The van der Waals surface area contributed by atoms with E-state index in [0.717, 1.165) is 26.1 Å². The van der Waals surface area contributed by atoms with E-state index < -0.39 is 10.8 Å². The second kappa shape index (κ2) is 5.36. The van der Waals surface area contributed by atoms with Crippen LogP contribution < -0.4 is 0 Å². The first-order valence-electron chi connectivity index (χ1n) is 4.59. The number of ether oxygens (including phenoxy) is 1. The second-order valence-corrected chi connectivity index (χ2v) is 5.44. The lowest BCUT2D eigenvalue weighted by atomic mass is 10.2. The summed E-state index contributed by atoms with van der Waals surface area (Å²) in [6.07, 6.45) is 2.15. The van der Waals surface area contributed by atoms with Gasteiger partial charge in [-0.25, -0.2) is 0 Å². The summed E-state index contributed by atoms with van der Waals surface area (Å²) in [5, 5.41) is 8.73. The van der Waals surface area contributed by atoms with Crippen LogP contribution in [-0.4, -0.2) is 27.9 Å². The SMILES string of the molecule is CC(CC#N)S(=O)C1CCOCC1. The van der Waals surface area contributed by atoms with E-state index in [-0.39, 0.29) is 10.5 Å². The molecule has 0 radical (unpaired) electrons. The predicted molar refractivity (Wildman–Crippen MR) is 51.7 cm³/mol. The molecule has 3 nitrogen and oxygen atoms in total. The Morgan fingerprint density at radius 1 is 1.62 bits per heavy atom. The molecule has 1 aliphatic heterocycles. The lowest BCUT2D eigenvalue weighted by Crippen LogP contribution is -2.29. The van der Waals surface area contributed by atoms with E-state index in [9.17, 15) is 4.21 Å². The van der Waals surface area contributed by atoms with Crippen molar-refractivity contribution < 1.29 is 8.95 Å².